The van der Waals surface area contributed by atoms with Crippen LogP contribution in [0.15, 0.2) is 12.1 Å². The summed E-state index contributed by atoms with van der Waals surface area (Å²) in [5.74, 6) is -0.368. The summed E-state index contributed by atoms with van der Waals surface area (Å²) in [5, 5.41) is 9.68. The molecule has 1 rings (SSSR count). The second kappa shape index (κ2) is 5.40. The maximum atomic E-state index is 11.3. The molecule has 0 aliphatic heterocycles. The first-order chi connectivity index (χ1) is 8.04. The van der Waals surface area contributed by atoms with Gasteiger partial charge < -0.3 is 25.1 Å². The Labute approximate surface area is 98.9 Å². The van der Waals surface area contributed by atoms with Crippen LogP contribution in [0.1, 0.15) is 11.6 Å². The normalized spacial score (nSPS) is 11.8. The maximum Gasteiger partial charge on any atom is 0.327 e. The van der Waals surface area contributed by atoms with Crippen molar-refractivity contribution in [2.75, 3.05) is 21.3 Å². The molecule has 0 saturated carbocycles. The molecule has 94 valence electrons. The molecular formula is C11H15NO5. The lowest BCUT2D eigenvalue weighted by Gasteiger charge is -2.14. The first-order valence-electron chi connectivity index (χ1n) is 4.83. The summed E-state index contributed by atoms with van der Waals surface area (Å²) >= 11 is 0. The van der Waals surface area contributed by atoms with E-state index in [9.17, 15) is 9.90 Å². The lowest BCUT2D eigenvalue weighted by molar-refractivity contribution is -0.142. The number of phenolic OH excluding ortho intramolecular Hbond substituents is 1. The molecule has 0 aliphatic rings. The van der Waals surface area contributed by atoms with E-state index < -0.39 is 12.0 Å². The van der Waals surface area contributed by atoms with Crippen LogP contribution in [0.2, 0.25) is 0 Å². The highest BCUT2D eigenvalue weighted by molar-refractivity contribution is 5.78. The van der Waals surface area contributed by atoms with Crippen molar-refractivity contribution in [2.24, 2.45) is 5.73 Å². The van der Waals surface area contributed by atoms with Gasteiger partial charge in [0, 0.05) is 0 Å². The number of phenols is 1. The zero-order valence-electron chi connectivity index (χ0n) is 9.89. The molecule has 6 heteroatoms. The number of rotatable bonds is 4. The Morgan fingerprint density at radius 2 is 1.71 bits per heavy atom. The van der Waals surface area contributed by atoms with Crippen molar-refractivity contribution in [3.05, 3.63) is 17.7 Å². The number of carbonyl (C=O) groups is 1. The average molecular weight is 241 g/mol. The highest BCUT2D eigenvalue weighted by Crippen LogP contribution is 2.38. The number of aromatic hydroxyl groups is 1. The summed E-state index contributed by atoms with van der Waals surface area (Å²) in [4.78, 5) is 11.3. The molecule has 0 radical (unpaired) electrons. The van der Waals surface area contributed by atoms with Crippen molar-refractivity contribution in [2.45, 2.75) is 6.04 Å². The van der Waals surface area contributed by atoms with Gasteiger partial charge in [0.15, 0.2) is 11.5 Å². The number of esters is 1. The molecule has 0 aliphatic carbocycles. The molecule has 0 bridgehead atoms. The molecule has 3 N–H and O–H groups in total. The first kappa shape index (κ1) is 13.1. The van der Waals surface area contributed by atoms with E-state index in [2.05, 4.69) is 4.74 Å². The van der Waals surface area contributed by atoms with Crippen LogP contribution in [0, 0.1) is 0 Å². The molecule has 0 spiro atoms. The van der Waals surface area contributed by atoms with E-state index in [0.29, 0.717) is 5.56 Å². The molecule has 0 fully saturated rings. The average Bonchev–Trinajstić information content (AvgIpc) is 2.37. The molecule has 0 aromatic heterocycles. The van der Waals surface area contributed by atoms with Gasteiger partial charge in [0.05, 0.1) is 21.3 Å². The zero-order valence-corrected chi connectivity index (χ0v) is 9.89. The third kappa shape index (κ3) is 2.59. The molecule has 6 nitrogen and oxygen atoms in total. The van der Waals surface area contributed by atoms with E-state index >= 15 is 0 Å². The first-order valence-corrected chi connectivity index (χ1v) is 4.83. The lowest BCUT2D eigenvalue weighted by atomic mass is 10.1. The molecule has 1 aromatic rings. The van der Waals surface area contributed by atoms with E-state index in [1.165, 1.54) is 33.5 Å². The van der Waals surface area contributed by atoms with E-state index in [-0.39, 0.29) is 17.2 Å². The van der Waals surface area contributed by atoms with Crippen molar-refractivity contribution in [1.29, 1.82) is 0 Å². The van der Waals surface area contributed by atoms with E-state index in [1.807, 2.05) is 0 Å². The summed E-state index contributed by atoms with van der Waals surface area (Å²) in [6.07, 6.45) is 0. The number of hydrogen-bond donors (Lipinski definition) is 2. The van der Waals surface area contributed by atoms with Crippen LogP contribution >= 0.6 is 0 Å². The van der Waals surface area contributed by atoms with Gasteiger partial charge in [-0.05, 0) is 17.7 Å². The predicted octanol–water partition coefficient (Wildman–Crippen LogP) is 0.582. The van der Waals surface area contributed by atoms with Crippen molar-refractivity contribution in [3.8, 4) is 17.2 Å². The van der Waals surface area contributed by atoms with Crippen LogP contribution in [0.3, 0.4) is 0 Å². The fraction of sp³-hybridized carbons (Fsp3) is 0.364. The van der Waals surface area contributed by atoms with Gasteiger partial charge in [0.25, 0.3) is 0 Å². The van der Waals surface area contributed by atoms with Gasteiger partial charge in [0.1, 0.15) is 6.04 Å². The Hall–Kier alpha value is -1.95. The van der Waals surface area contributed by atoms with Crippen molar-refractivity contribution in [3.63, 3.8) is 0 Å². The molecule has 0 heterocycles. The van der Waals surface area contributed by atoms with E-state index in [0.717, 1.165) is 0 Å². The van der Waals surface area contributed by atoms with Crippen molar-refractivity contribution in [1.82, 2.24) is 0 Å². The molecule has 1 unspecified atom stereocenters. The molecule has 17 heavy (non-hydrogen) atoms. The largest absolute Gasteiger partial charge is 0.502 e. The van der Waals surface area contributed by atoms with Crippen molar-refractivity contribution < 1.29 is 24.1 Å². The fourth-order valence-electron chi connectivity index (χ4n) is 1.36. The highest BCUT2D eigenvalue weighted by atomic mass is 16.5. The van der Waals surface area contributed by atoms with Gasteiger partial charge in [-0.25, -0.2) is 0 Å². The third-order valence-corrected chi connectivity index (χ3v) is 2.32. The zero-order chi connectivity index (χ0) is 13.0. The van der Waals surface area contributed by atoms with Crippen LogP contribution in [0.25, 0.3) is 0 Å². The smallest absolute Gasteiger partial charge is 0.327 e. The quantitative estimate of drug-likeness (QED) is 0.749. The minimum absolute atomic E-state index is 0.143. The molecular weight excluding hydrogens is 226 g/mol. The van der Waals surface area contributed by atoms with Crippen LogP contribution < -0.4 is 15.2 Å². The van der Waals surface area contributed by atoms with Crippen LogP contribution in [0.4, 0.5) is 0 Å². The number of benzene rings is 1. The van der Waals surface area contributed by atoms with Crippen LogP contribution in [-0.2, 0) is 9.53 Å². The summed E-state index contributed by atoms with van der Waals surface area (Å²) in [6.45, 7) is 0. The molecule has 1 atom stereocenters. The summed E-state index contributed by atoms with van der Waals surface area (Å²) in [7, 11) is 4.03. The minimum atomic E-state index is -0.955. The lowest BCUT2D eigenvalue weighted by Crippen LogP contribution is -2.22. The summed E-state index contributed by atoms with van der Waals surface area (Å²) < 4.78 is 14.4. The number of nitrogens with two attached hydrogens (primary N) is 1. The maximum absolute atomic E-state index is 11.3. The topological polar surface area (TPSA) is 91.0 Å². The summed E-state index contributed by atoms with van der Waals surface area (Å²) in [5.41, 5.74) is 6.11. The Morgan fingerprint density at radius 3 is 2.06 bits per heavy atom. The SMILES string of the molecule is COC(=O)C(N)c1cc(OC)c(O)c(OC)c1. The van der Waals surface area contributed by atoms with Crippen molar-refractivity contribution >= 4 is 5.97 Å². The minimum Gasteiger partial charge on any atom is -0.502 e. The van der Waals surface area contributed by atoms with E-state index in [4.69, 9.17) is 15.2 Å². The van der Waals surface area contributed by atoms with Gasteiger partial charge in [-0.1, -0.05) is 0 Å². The van der Waals surface area contributed by atoms with Gasteiger partial charge in [-0.3, -0.25) is 4.79 Å². The highest BCUT2D eigenvalue weighted by Gasteiger charge is 2.20. The summed E-state index contributed by atoms with van der Waals surface area (Å²) in [6, 6.07) is 1.96. The Balaban J connectivity index is 3.21. The molecule has 1 aromatic carbocycles. The molecule has 0 saturated heterocycles. The predicted molar refractivity (Wildman–Crippen MR) is 60.2 cm³/mol. The second-order valence-electron chi connectivity index (χ2n) is 3.27. The number of carbonyl (C=O) groups excluding carboxylic acids is 1. The Bertz CT molecular complexity index is 393. The van der Waals surface area contributed by atoms with Gasteiger partial charge in [0.2, 0.25) is 5.75 Å². The Kier molecular flexibility index (Phi) is 4.17. The van der Waals surface area contributed by atoms with Gasteiger partial charge >= 0.3 is 5.97 Å². The number of hydrogen-bond acceptors (Lipinski definition) is 6. The monoisotopic (exact) mass is 241 g/mol. The van der Waals surface area contributed by atoms with Crippen LogP contribution in [0.5, 0.6) is 17.2 Å². The second-order valence-corrected chi connectivity index (χ2v) is 3.27. The number of methoxy groups -OCH3 is 3. The molecule has 0 amide bonds. The third-order valence-electron chi connectivity index (χ3n) is 2.32. The fourth-order valence-corrected chi connectivity index (χ4v) is 1.36. The van der Waals surface area contributed by atoms with Gasteiger partial charge in [-0.2, -0.15) is 0 Å². The van der Waals surface area contributed by atoms with Gasteiger partial charge in [-0.15, -0.1) is 0 Å². The van der Waals surface area contributed by atoms with E-state index in [1.54, 1.807) is 0 Å². The Morgan fingerprint density at radius 1 is 1.24 bits per heavy atom. The van der Waals surface area contributed by atoms with Crippen LogP contribution in [-0.4, -0.2) is 32.4 Å². The standard InChI is InChI=1S/C11H15NO5/c1-15-7-4-6(9(12)11(14)17-3)5-8(16-2)10(7)13/h4-5,9,13H,12H2,1-3H3. The number of ether oxygens (including phenoxy) is 3.